The fraction of sp³-hybridized carbons (Fsp3) is 0.333. The quantitative estimate of drug-likeness (QED) is 0.621. The van der Waals surface area contributed by atoms with Crippen LogP contribution in [0, 0.1) is 0 Å². The number of para-hydroxylation sites is 1. The minimum atomic E-state index is -3.57. The van der Waals surface area contributed by atoms with Crippen LogP contribution in [0.15, 0.2) is 59.5 Å². The Kier molecular flexibility index (Phi) is 8.35. The lowest BCUT2D eigenvalue weighted by atomic mass is 10.1. The summed E-state index contributed by atoms with van der Waals surface area (Å²) in [6.45, 7) is 2.73. The van der Waals surface area contributed by atoms with Crippen LogP contribution in [0.2, 0.25) is 0 Å². The van der Waals surface area contributed by atoms with Gasteiger partial charge in [0.1, 0.15) is 0 Å². The third kappa shape index (κ3) is 6.40. The van der Waals surface area contributed by atoms with Crippen LogP contribution in [0.5, 0.6) is 0 Å². The highest BCUT2D eigenvalue weighted by Gasteiger charge is 2.20. The minimum Gasteiger partial charge on any atom is -0.352 e. The van der Waals surface area contributed by atoms with Crippen molar-refractivity contribution in [1.29, 1.82) is 0 Å². The highest BCUT2D eigenvalue weighted by Crippen LogP contribution is 2.17. The minimum absolute atomic E-state index is 0.138. The molecule has 0 saturated carbocycles. The van der Waals surface area contributed by atoms with Crippen LogP contribution in [0.4, 0.5) is 5.69 Å². The number of hydrogen-bond acceptors (Lipinski definition) is 4. The third-order valence-electron chi connectivity index (χ3n) is 4.31. The molecule has 2 aromatic rings. The van der Waals surface area contributed by atoms with Gasteiger partial charge < -0.3 is 10.6 Å². The number of rotatable bonds is 10. The number of amides is 2. The summed E-state index contributed by atoms with van der Waals surface area (Å²) in [5.74, 6) is -0.511. The highest BCUT2D eigenvalue weighted by molar-refractivity contribution is 7.89. The number of nitrogens with zero attached hydrogens (tertiary/aromatic N) is 1. The summed E-state index contributed by atoms with van der Waals surface area (Å²) in [5, 5.41) is 5.53. The van der Waals surface area contributed by atoms with E-state index in [1.165, 1.54) is 11.4 Å². The molecule has 0 aromatic heterocycles. The van der Waals surface area contributed by atoms with Crippen molar-refractivity contribution in [3.8, 4) is 0 Å². The van der Waals surface area contributed by atoms with Gasteiger partial charge in [-0.2, -0.15) is 0 Å². The number of nitrogens with one attached hydrogen (secondary N) is 2. The van der Waals surface area contributed by atoms with Crippen molar-refractivity contribution in [2.24, 2.45) is 0 Å². The second-order valence-electron chi connectivity index (χ2n) is 6.59. The lowest BCUT2D eigenvalue weighted by Gasteiger charge is -2.17. The summed E-state index contributed by atoms with van der Waals surface area (Å²) in [6.07, 6.45) is 1.32. The largest absolute Gasteiger partial charge is 0.352 e. The molecule has 0 spiro atoms. The molecule has 0 aliphatic carbocycles. The molecule has 0 radical (unpaired) electrons. The lowest BCUT2D eigenvalue weighted by molar-refractivity contribution is -0.116. The summed E-state index contributed by atoms with van der Waals surface area (Å²) in [4.78, 5) is 24.7. The number of carbonyl (C=O) groups excluding carboxylic acids is 2. The van der Waals surface area contributed by atoms with E-state index in [4.69, 9.17) is 0 Å². The maximum absolute atomic E-state index is 12.5. The van der Waals surface area contributed by atoms with E-state index in [-0.39, 0.29) is 29.7 Å². The van der Waals surface area contributed by atoms with E-state index in [0.717, 1.165) is 6.42 Å². The molecule has 0 heterocycles. The molecule has 8 heteroatoms. The van der Waals surface area contributed by atoms with Gasteiger partial charge in [-0.3, -0.25) is 9.59 Å². The van der Waals surface area contributed by atoms with Crippen molar-refractivity contribution in [3.05, 3.63) is 60.2 Å². The van der Waals surface area contributed by atoms with E-state index in [1.54, 1.807) is 54.6 Å². The van der Waals surface area contributed by atoms with E-state index in [2.05, 4.69) is 10.6 Å². The first-order valence-corrected chi connectivity index (χ1v) is 11.0. The van der Waals surface area contributed by atoms with Crippen molar-refractivity contribution >= 4 is 27.5 Å². The van der Waals surface area contributed by atoms with Crippen molar-refractivity contribution in [2.75, 3.05) is 25.5 Å². The van der Waals surface area contributed by atoms with Crippen LogP contribution >= 0.6 is 0 Å². The zero-order valence-electron chi connectivity index (χ0n) is 16.7. The SMILES string of the molecule is CCCNC(=O)c1ccccc1NC(=O)CCCN(C)S(=O)(=O)c1ccccc1. The van der Waals surface area contributed by atoms with Crippen molar-refractivity contribution in [2.45, 2.75) is 31.1 Å². The lowest BCUT2D eigenvalue weighted by Crippen LogP contribution is -2.29. The monoisotopic (exact) mass is 417 g/mol. The number of anilines is 1. The highest BCUT2D eigenvalue weighted by atomic mass is 32.2. The molecule has 2 N–H and O–H groups in total. The van der Waals surface area contributed by atoms with E-state index in [1.807, 2.05) is 6.92 Å². The molecule has 0 bridgehead atoms. The molecule has 29 heavy (non-hydrogen) atoms. The maximum Gasteiger partial charge on any atom is 0.253 e. The smallest absolute Gasteiger partial charge is 0.253 e. The van der Waals surface area contributed by atoms with Gasteiger partial charge in [0, 0.05) is 26.6 Å². The predicted octanol–water partition coefficient (Wildman–Crippen LogP) is 2.87. The third-order valence-corrected chi connectivity index (χ3v) is 6.18. The Morgan fingerprint density at radius 3 is 2.34 bits per heavy atom. The number of sulfonamides is 1. The summed E-state index contributed by atoms with van der Waals surface area (Å²) < 4.78 is 26.2. The van der Waals surface area contributed by atoms with Crippen LogP contribution in [0.1, 0.15) is 36.5 Å². The first kappa shape index (κ1) is 22.6. The Bertz CT molecular complexity index is 930. The zero-order chi connectivity index (χ0) is 21.3. The molecule has 0 aliphatic heterocycles. The van der Waals surface area contributed by atoms with Crippen LogP contribution < -0.4 is 10.6 Å². The van der Waals surface area contributed by atoms with Crippen LogP contribution in [0.3, 0.4) is 0 Å². The molecule has 0 aliphatic rings. The second-order valence-corrected chi connectivity index (χ2v) is 8.64. The van der Waals surface area contributed by atoms with Crippen molar-refractivity contribution in [3.63, 3.8) is 0 Å². The Labute approximate surface area is 172 Å². The summed E-state index contributed by atoms with van der Waals surface area (Å²) in [5.41, 5.74) is 0.842. The van der Waals surface area contributed by atoms with Gasteiger partial charge in [-0.05, 0) is 37.1 Å². The average molecular weight is 418 g/mol. The fourth-order valence-corrected chi connectivity index (χ4v) is 3.92. The molecular formula is C21H27N3O4S. The average Bonchev–Trinajstić information content (AvgIpc) is 2.72. The second kappa shape index (κ2) is 10.7. The van der Waals surface area contributed by atoms with Gasteiger partial charge >= 0.3 is 0 Å². The first-order valence-electron chi connectivity index (χ1n) is 9.54. The number of benzene rings is 2. The molecule has 156 valence electrons. The van der Waals surface area contributed by atoms with Crippen LogP contribution in [0.25, 0.3) is 0 Å². The molecule has 2 aromatic carbocycles. The van der Waals surface area contributed by atoms with Gasteiger partial charge in [0.25, 0.3) is 5.91 Å². The van der Waals surface area contributed by atoms with Gasteiger partial charge in [-0.1, -0.05) is 37.3 Å². The van der Waals surface area contributed by atoms with E-state index < -0.39 is 10.0 Å². The Hall–Kier alpha value is -2.71. The zero-order valence-corrected chi connectivity index (χ0v) is 17.5. The Balaban J connectivity index is 1.90. The van der Waals surface area contributed by atoms with Gasteiger partial charge in [-0.15, -0.1) is 0 Å². The molecule has 0 saturated heterocycles. The Morgan fingerprint density at radius 2 is 1.66 bits per heavy atom. The fourth-order valence-electron chi connectivity index (χ4n) is 2.69. The van der Waals surface area contributed by atoms with Crippen molar-refractivity contribution in [1.82, 2.24) is 9.62 Å². The van der Waals surface area contributed by atoms with Gasteiger partial charge in [0.15, 0.2) is 0 Å². The normalized spacial score (nSPS) is 11.3. The van der Waals surface area contributed by atoms with E-state index in [9.17, 15) is 18.0 Å². The van der Waals surface area contributed by atoms with Crippen molar-refractivity contribution < 1.29 is 18.0 Å². The topological polar surface area (TPSA) is 95.6 Å². The van der Waals surface area contributed by atoms with Crippen LogP contribution in [-0.2, 0) is 14.8 Å². The standard InChI is InChI=1S/C21H27N3O4S/c1-3-15-22-21(26)18-12-7-8-13-19(18)23-20(25)14-9-16-24(2)29(27,28)17-10-5-4-6-11-17/h4-8,10-13H,3,9,14-16H2,1-2H3,(H,22,26)(H,23,25). The van der Waals surface area contributed by atoms with E-state index in [0.29, 0.717) is 24.2 Å². The maximum atomic E-state index is 12.5. The van der Waals surface area contributed by atoms with Crippen LogP contribution in [-0.4, -0.2) is 44.7 Å². The van der Waals surface area contributed by atoms with E-state index >= 15 is 0 Å². The number of carbonyl (C=O) groups is 2. The molecular weight excluding hydrogens is 390 g/mol. The molecule has 0 atom stereocenters. The molecule has 7 nitrogen and oxygen atoms in total. The predicted molar refractivity (Wildman–Crippen MR) is 113 cm³/mol. The molecule has 2 rings (SSSR count). The molecule has 0 fully saturated rings. The number of hydrogen-bond donors (Lipinski definition) is 2. The summed E-state index contributed by atoms with van der Waals surface area (Å²) >= 11 is 0. The summed E-state index contributed by atoms with van der Waals surface area (Å²) in [6, 6.07) is 15.0. The van der Waals surface area contributed by atoms with Gasteiger partial charge in [0.2, 0.25) is 15.9 Å². The summed E-state index contributed by atoms with van der Waals surface area (Å²) in [7, 11) is -2.08. The Morgan fingerprint density at radius 1 is 1.00 bits per heavy atom. The molecule has 2 amide bonds. The first-order chi connectivity index (χ1) is 13.9. The van der Waals surface area contributed by atoms with Gasteiger partial charge in [-0.25, -0.2) is 12.7 Å². The molecule has 0 unspecified atom stereocenters. The van der Waals surface area contributed by atoms with Gasteiger partial charge in [0.05, 0.1) is 16.1 Å².